The van der Waals surface area contributed by atoms with Gasteiger partial charge in [-0.3, -0.25) is 9.78 Å². The molecule has 4 rings (SSSR count). The van der Waals surface area contributed by atoms with Crippen molar-refractivity contribution in [2.24, 2.45) is 0 Å². The minimum Gasteiger partial charge on any atom is -0.458 e. The van der Waals surface area contributed by atoms with Crippen molar-refractivity contribution in [3.63, 3.8) is 0 Å². The fourth-order valence-electron chi connectivity index (χ4n) is 3.39. The van der Waals surface area contributed by atoms with E-state index in [0.717, 1.165) is 10.9 Å². The van der Waals surface area contributed by atoms with Crippen molar-refractivity contribution in [1.29, 1.82) is 0 Å². The topological polar surface area (TPSA) is 68.3 Å². The van der Waals surface area contributed by atoms with E-state index in [1.807, 2.05) is 66.7 Å². The first-order valence-electron chi connectivity index (χ1n) is 10.4. The van der Waals surface area contributed by atoms with Crippen LogP contribution in [-0.2, 0) is 16.1 Å². The van der Waals surface area contributed by atoms with Crippen LogP contribution in [-0.4, -0.2) is 16.9 Å². The highest BCUT2D eigenvalue weighted by Gasteiger charge is 2.14. The van der Waals surface area contributed by atoms with E-state index in [4.69, 9.17) is 4.74 Å². The summed E-state index contributed by atoms with van der Waals surface area (Å²) in [7, 11) is 0. The number of anilines is 1. The third kappa shape index (κ3) is 5.40. The molecule has 0 bridgehead atoms. The Kier molecular flexibility index (Phi) is 6.71. The van der Waals surface area contributed by atoms with Crippen LogP contribution >= 0.6 is 0 Å². The van der Waals surface area contributed by atoms with Crippen LogP contribution in [0.2, 0.25) is 0 Å². The fraction of sp³-hybridized carbons (Fsp3) is 0.0357. The van der Waals surface area contributed by atoms with Crippen LogP contribution in [0, 0.1) is 0 Å². The van der Waals surface area contributed by atoms with Crippen molar-refractivity contribution in [1.82, 2.24) is 4.98 Å². The second kappa shape index (κ2) is 10.2. The van der Waals surface area contributed by atoms with Crippen LogP contribution < -0.4 is 5.32 Å². The van der Waals surface area contributed by atoms with E-state index in [1.54, 1.807) is 30.5 Å². The summed E-state index contributed by atoms with van der Waals surface area (Å²) in [6.07, 6.45) is 4.56. The monoisotopic (exact) mass is 434 g/mol. The summed E-state index contributed by atoms with van der Waals surface area (Å²) in [5.74, 6) is -0.770. The Morgan fingerprint density at radius 2 is 1.58 bits per heavy atom. The maximum absolute atomic E-state index is 13.1. The number of fused-ring (bicyclic) bond motifs is 1. The highest BCUT2D eigenvalue weighted by Crippen LogP contribution is 2.24. The molecule has 0 aliphatic carbocycles. The number of nitrogens with zero attached hydrogens (tertiary/aromatic N) is 1. The number of allylic oxidation sites excluding steroid dienone is 2. The van der Waals surface area contributed by atoms with Crippen molar-refractivity contribution in [2.45, 2.75) is 6.61 Å². The van der Waals surface area contributed by atoms with Crippen LogP contribution in [0.25, 0.3) is 16.5 Å². The highest BCUT2D eigenvalue weighted by atomic mass is 16.5. The number of carbonyl (C=O) groups excluding carboxylic acids is 2. The zero-order chi connectivity index (χ0) is 23.0. The number of rotatable bonds is 7. The number of ether oxygens (including phenoxy) is 1. The quantitative estimate of drug-likeness (QED) is 0.227. The van der Waals surface area contributed by atoms with Gasteiger partial charge in [-0.1, -0.05) is 73.3 Å². The van der Waals surface area contributed by atoms with Crippen LogP contribution in [0.15, 0.2) is 110 Å². The first kappa shape index (κ1) is 21.7. The van der Waals surface area contributed by atoms with Gasteiger partial charge in [0.05, 0.1) is 11.2 Å². The molecule has 0 aliphatic rings. The molecule has 0 aliphatic heterocycles. The summed E-state index contributed by atoms with van der Waals surface area (Å²) >= 11 is 0. The van der Waals surface area contributed by atoms with E-state index in [9.17, 15) is 9.59 Å². The number of pyridine rings is 1. The third-order valence-electron chi connectivity index (χ3n) is 5.04. The minimum absolute atomic E-state index is 0.189. The van der Waals surface area contributed by atoms with Gasteiger partial charge in [-0.2, -0.15) is 0 Å². The van der Waals surface area contributed by atoms with Gasteiger partial charge in [0.1, 0.15) is 6.61 Å². The van der Waals surface area contributed by atoms with Gasteiger partial charge in [0.25, 0.3) is 5.91 Å². The second-order valence-electron chi connectivity index (χ2n) is 7.33. The molecule has 33 heavy (non-hydrogen) atoms. The van der Waals surface area contributed by atoms with Crippen LogP contribution in [0.5, 0.6) is 0 Å². The van der Waals surface area contributed by atoms with Gasteiger partial charge in [-0.05, 0) is 41.0 Å². The average molecular weight is 434 g/mol. The first-order chi connectivity index (χ1) is 16.1. The molecule has 5 heteroatoms. The van der Waals surface area contributed by atoms with Gasteiger partial charge in [-0.15, -0.1) is 0 Å². The molecular weight excluding hydrogens is 412 g/mol. The van der Waals surface area contributed by atoms with E-state index < -0.39 is 5.97 Å². The van der Waals surface area contributed by atoms with Crippen molar-refractivity contribution in [3.05, 3.63) is 127 Å². The number of amides is 1. The number of nitrogens with one attached hydrogen (secondary N) is 1. The van der Waals surface area contributed by atoms with Gasteiger partial charge in [0.15, 0.2) is 0 Å². The lowest BCUT2D eigenvalue weighted by molar-refractivity contribution is -0.139. The van der Waals surface area contributed by atoms with E-state index in [0.29, 0.717) is 27.9 Å². The average Bonchev–Trinajstić information content (AvgIpc) is 2.87. The molecule has 0 saturated heterocycles. The molecule has 1 amide bonds. The number of hydrogen-bond acceptors (Lipinski definition) is 4. The normalized spacial score (nSPS) is 10.8. The van der Waals surface area contributed by atoms with Crippen LogP contribution in [0.1, 0.15) is 21.5 Å². The number of esters is 1. The maximum atomic E-state index is 13.1. The molecular formula is C28H22N2O3. The first-order valence-corrected chi connectivity index (χ1v) is 10.4. The molecule has 1 aromatic heterocycles. The number of hydrogen-bond donors (Lipinski definition) is 1. The Morgan fingerprint density at radius 1 is 0.848 bits per heavy atom. The summed E-state index contributed by atoms with van der Waals surface area (Å²) in [6.45, 7) is 4.22. The molecule has 0 saturated carbocycles. The summed E-state index contributed by atoms with van der Waals surface area (Å²) in [5.41, 5.74) is 3.83. The lowest BCUT2D eigenvalue weighted by atomic mass is 9.99. The predicted molar refractivity (Wildman–Crippen MR) is 131 cm³/mol. The predicted octanol–water partition coefficient (Wildman–Crippen LogP) is 5.80. The van der Waals surface area contributed by atoms with Gasteiger partial charge >= 0.3 is 5.97 Å². The largest absolute Gasteiger partial charge is 0.458 e. The molecule has 0 unspecified atom stereocenters. The van der Waals surface area contributed by atoms with Crippen molar-refractivity contribution in [3.8, 4) is 0 Å². The summed E-state index contributed by atoms with van der Waals surface area (Å²) in [6, 6.07) is 26.0. The van der Waals surface area contributed by atoms with Crippen LogP contribution in [0.4, 0.5) is 5.69 Å². The fourth-order valence-corrected chi connectivity index (χ4v) is 3.39. The maximum Gasteiger partial charge on any atom is 0.331 e. The third-order valence-corrected chi connectivity index (χ3v) is 5.04. The number of aromatic nitrogens is 1. The van der Waals surface area contributed by atoms with Crippen molar-refractivity contribution < 1.29 is 14.3 Å². The molecule has 0 fully saturated rings. The Hall–Kier alpha value is -4.51. The Labute approximate surface area is 192 Å². The summed E-state index contributed by atoms with van der Waals surface area (Å²) in [5, 5.41) is 3.88. The molecule has 4 aromatic rings. The summed E-state index contributed by atoms with van der Waals surface area (Å²) in [4.78, 5) is 29.6. The Bertz CT molecular complexity index is 1340. The van der Waals surface area contributed by atoms with Crippen LogP contribution in [0.3, 0.4) is 0 Å². The molecule has 5 nitrogen and oxygen atoms in total. The van der Waals surface area contributed by atoms with Gasteiger partial charge < -0.3 is 10.1 Å². The van der Waals surface area contributed by atoms with E-state index in [-0.39, 0.29) is 12.5 Å². The highest BCUT2D eigenvalue weighted by molar-refractivity contribution is 6.11. The zero-order valence-electron chi connectivity index (χ0n) is 17.9. The molecule has 0 radical (unpaired) electrons. The van der Waals surface area contributed by atoms with Gasteiger partial charge in [-0.25, -0.2) is 4.79 Å². The van der Waals surface area contributed by atoms with Gasteiger partial charge in [0, 0.05) is 23.2 Å². The Morgan fingerprint density at radius 3 is 2.39 bits per heavy atom. The molecule has 0 atom stereocenters. The lowest BCUT2D eigenvalue weighted by Crippen LogP contribution is -2.14. The molecule has 0 spiro atoms. The van der Waals surface area contributed by atoms with Crippen molar-refractivity contribution in [2.75, 3.05) is 5.32 Å². The number of para-hydroxylation sites is 1. The molecule has 1 N–H and O–H groups in total. The smallest absolute Gasteiger partial charge is 0.331 e. The summed E-state index contributed by atoms with van der Waals surface area (Å²) < 4.78 is 5.26. The van der Waals surface area contributed by atoms with E-state index in [2.05, 4.69) is 16.9 Å². The standard InChI is InChI=1S/C28H22N2O3/c1-20(16-17-26(31)33-19-21-9-3-2-4-10-21)23-13-5-6-14-24(23)28(32)30-25-15-7-11-22-12-8-18-29-27(22)25/h2-18H,1,19H2,(H,30,32)/b17-16+. The van der Waals surface area contributed by atoms with E-state index in [1.165, 1.54) is 6.08 Å². The van der Waals surface area contributed by atoms with Crippen molar-refractivity contribution >= 4 is 34.0 Å². The molecule has 1 heterocycles. The zero-order valence-corrected chi connectivity index (χ0v) is 17.9. The molecule has 162 valence electrons. The number of carbonyl (C=O) groups is 2. The molecule has 3 aromatic carbocycles. The van der Waals surface area contributed by atoms with Gasteiger partial charge in [0.2, 0.25) is 0 Å². The van der Waals surface area contributed by atoms with E-state index >= 15 is 0 Å². The Balaban J connectivity index is 1.47. The number of benzene rings is 3. The lowest BCUT2D eigenvalue weighted by Gasteiger charge is -2.11. The SMILES string of the molecule is C=C(/C=C/C(=O)OCc1ccccc1)c1ccccc1C(=O)Nc1cccc2cccnc12. The minimum atomic E-state index is -0.483. The second-order valence-corrected chi connectivity index (χ2v) is 7.33.